The molecule has 1 aromatic heterocycles. The molecule has 0 unspecified atom stereocenters. The van der Waals surface area contributed by atoms with Crippen LogP contribution in [0.4, 0.5) is 13.2 Å². The quantitative estimate of drug-likeness (QED) is 0.520. The van der Waals surface area contributed by atoms with Crippen LogP contribution in [0, 0.1) is 0 Å². The Morgan fingerprint density at radius 2 is 2.00 bits per heavy atom. The molecule has 0 radical (unpaired) electrons. The van der Waals surface area contributed by atoms with Crippen LogP contribution in [0.1, 0.15) is 42.2 Å². The zero-order chi connectivity index (χ0) is 23.3. The lowest BCUT2D eigenvalue weighted by molar-refractivity contribution is -0.192. The third-order valence-corrected chi connectivity index (χ3v) is 5.62. The number of alkyl halides is 3. The maximum Gasteiger partial charge on any atom is 0.490 e. The van der Waals surface area contributed by atoms with Crippen LogP contribution in [0.15, 0.2) is 28.0 Å². The highest BCUT2D eigenvalue weighted by atomic mass is 32.2. The summed E-state index contributed by atoms with van der Waals surface area (Å²) in [5.41, 5.74) is 7.58. The molecule has 2 aromatic rings. The Labute approximate surface area is 180 Å². The van der Waals surface area contributed by atoms with E-state index in [0.717, 1.165) is 34.6 Å². The predicted molar refractivity (Wildman–Crippen MR) is 111 cm³/mol. The fraction of sp³-hybridized carbons (Fsp3) is 0.450. The number of halogens is 3. The normalized spacial score (nSPS) is 15.2. The van der Waals surface area contributed by atoms with Gasteiger partial charge in [-0.15, -0.1) is 11.8 Å². The third kappa shape index (κ3) is 5.79. The molecule has 31 heavy (non-hydrogen) atoms. The van der Waals surface area contributed by atoms with Crippen LogP contribution in [-0.4, -0.2) is 46.7 Å². The SMILES string of the molecule is CCOC(=O)c1cn2c3c(cc(SCCN)cc3c1=O)CC[C@H]2C.O=C(O)C(F)(F)F. The number of benzene rings is 1. The monoisotopic (exact) mass is 460 g/mol. The molecule has 2 heterocycles. The van der Waals surface area contributed by atoms with E-state index in [1.807, 2.05) is 6.07 Å². The minimum absolute atomic E-state index is 0.116. The second kappa shape index (κ2) is 10.2. The smallest absolute Gasteiger partial charge is 0.475 e. The van der Waals surface area contributed by atoms with Gasteiger partial charge in [0, 0.05) is 34.8 Å². The van der Waals surface area contributed by atoms with Gasteiger partial charge in [-0.2, -0.15) is 13.2 Å². The van der Waals surface area contributed by atoms with Gasteiger partial charge in [-0.3, -0.25) is 4.79 Å². The lowest BCUT2D eigenvalue weighted by atomic mass is 9.96. The molecule has 1 atom stereocenters. The largest absolute Gasteiger partial charge is 0.490 e. The van der Waals surface area contributed by atoms with E-state index in [-0.39, 0.29) is 23.6 Å². The highest BCUT2D eigenvalue weighted by Crippen LogP contribution is 2.33. The molecule has 0 bridgehead atoms. The first kappa shape index (κ1) is 24.7. The Hall–Kier alpha value is -2.53. The number of carboxylic acids is 1. The van der Waals surface area contributed by atoms with Crippen LogP contribution < -0.4 is 11.2 Å². The van der Waals surface area contributed by atoms with Crippen molar-refractivity contribution in [2.75, 3.05) is 18.9 Å². The Morgan fingerprint density at radius 3 is 2.55 bits per heavy atom. The number of ether oxygens (including phenoxy) is 1. The highest BCUT2D eigenvalue weighted by Gasteiger charge is 2.38. The van der Waals surface area contributed by atoms with Crippen LogP contribution in [-0.2, 0) is 16.0 Å². The number of esters is 1. The number of hydrogen-bond donors (Lipinski definition) is 2. The average molecular weight is 460 g/mol. The van der Waals surface area contributed by atoms with Gasteiger partial charge in [0.15, 0.2) is 0 Å². The molecule has 0 aliphatic carbocycles. The van der Waals surface area contributed by atoms with Crippen molar-refractivity contribution >= 4 is 34.6 Å². The first-order valence-corrected chi connectivity index (χ1v) is 10.5. The molecule has 0 fully saturated rings. The minimum atomic E-state index is -5.08. The van der Waals surface area contributed by atoms with Gasteiger partial charge in [-0.05, 0) is 44.4 Å². The van der Waals surface area contributed by atoms with Gasteiger partial charge < -0.3 is 20.1 Å². The molecule has 1 aromatic carbocycles. The molecule has 1 aliphatic heterocycles. The number of pyridine rings is 1. The molecular formula is C20H23F3N2O5S. The standard InChI is InChI=1S/C18H22N2O3S.C2HF3O2/c1-3-23-18(22)15-10-20-11(2)4-5-12-8-13(24-7-6-19)9-14(16(12)20)17(15)21;3-2(4,5)1(6)7/h8-11H,3-7,19H2,1-2H3;(H,6,7)/t11-;/m1./s1. The number of carboxylic acid groups (broad SMARTS) is 1. The van der Waals surface area contributed by atoms with Gasteiger partial charge >= 0.3 is 18.1 Å². The lowest BCUT2D eigenvalue weighted by Gasteiger charge is -2.27. The van der Waals surface area contributed by atoms with Crippen molar-refractivity contribution < 1.29 is 32.6 Å². The Bertz CT molecular complexity index is 1040. The van der Waals surface area contributed by atoms with Crippen LogP contribution in [0.25, 0.3) is 10.9 Å². The Morgan fingerprint density at radius 1 is 1.35 bits per heavy atom. The van der Waals surface area contributed by atoms with Crippen molar-refractivity contribution in [1.29, 1.82) is 0 Å². The second-order valence-corrected chi connectivity index (χ2v) is 7.97. The van der Waals surface area contributed by atoms with Crippen molar-refractivity contribution in [2.45, 2.75) is 43.8 Å². The summed E-state index contributed by atoms with van der Waals surface area (Å²) in [5.74, 6) is -2.51. The molecule has 3 N–H and O–H groups in total. The van der Waals surface area contributed by atoms with Gasteiger partial charge in [-0.25, -0.2) is 9.59 Å². The summed E-state index contributed by atoms with van der Waals surface area (Å²) in [5, 5.41) is 7.73. The van der Waals surface area contributed by atoms with Gasteiger partial charge in [-0.1, -0.05) is 0 Å². The summed E-state index contributed by atoms with van der Waals surface area (Å²) < 4.78 is 38.9. The molecular weight excluding hydrogens is 437 g/mol. The molecule has 170 valence electrons. The zero-order valence-electron chi connectivity index (χ0n) is 17.0. The lowest BCUT2D eigenvalue weighted by Crippen LogP contribution is -2.25. The molecule has 11 heteroatoms. The first-order chi connectivity index (χ1) is 14.5. The molecule has 1 aliphatic rings. The molecule has 7 nitrogen and oxygen atoms in total. The van der Waals surface area contributed by atoms with E-state index in [4.69, 9.17) is 20.4 Å². The molecule has 0 saturated heterocycles. The number of rotatable bonds is 5. The Balaban J connectivity index is 0.000000423. The third-order valence-electron chi connectivity index (χ3n) is 4.61. The summed E-state index contributed by atoms with van der Waals surface area (Å²) in [7, 11) is 0. The van der Waals surface area contributed by atoms with Gasteiger partial charge in [0.1, 0.15) is 5.56 Å². The predicted octanol–water partition coefficient (Wildman–Crippen LogP) is 3.37. The number of aromatic nitrogens is 1. The summed E-state index contributed by atoms with van der Waals surface area (Å²) in [6, 6.07) is 4.28. The highest BCUT2D eigenvalue weighted by molar-refractivity contribution is 7.99. The van der Waals surface area contributed by atoms with E-state index < -0.39 is 18.1 Å². The van der Waals surface area contributed by atoms with E-state index in [0.29, 0.717) is 11.9 Å². The van der Waals surface area contributed by atoms with Crippen molar-refractivity contribution in [3.63, 3.8) is 0 Å². The summed E-state index contributed by atoms with van der Waals surface area (Å²) in [6.07, 6.45) is -1.49. The zero-order valence-corrected chi connectivity index (χ0v) is 17.8. The minimum Gasteiger partial charge on any atom is -0.475 e. The number of carbonyl (C=O) groups is 2. The molecule has 0 saturated carbocycles. The van der Waals surface area contributed by atoms with Crippen LogP contribution in [0.3, 0.4) is 0 Å². The van der Waals surface area contributed by atoms with Gasteiger partial charge in [0.25, 0.3) is 0 Å². The maximum absolute atomic E-state index is 12.9. The number of aryl methyl sites for hydroxylation is 1. The van der Waals surface area contributed by atoms with Crippen LogP contribution in [0.2, 0.25) is 0 Å². The summed E-state index contributed by atoms with van der Waals surface area (Å²) in [4.78, 5) is 35.0. The van der Waals surface area contributed by atoms with E-state index in [1.54, 1.807) is 24.9 Å². The van der Waals surface area contributed by atoms with Crippen molar-refractivity contribution in [3.05, 3.63) is 39.7 Å². The second-order valence-electron chi connectivity index (χ2n) is 6.81. The fourth-order valence-electron chi connectivity index (χ4n) is 3.21. The number of aliphatic carboxylic acids is 1. The molecule has 3 rings (SSSR count). The van der Waals surface area contributed by atoms with E-state index in [9.17, 15) is 22.8 Å². The number of nitrogens with two attached hydrogens (primary N) is 1. The van der Waals surface area contributed by atoms with Crippen LogP contribution in [0.5, 0.6) is 0 Å². The first-order valence-electron chi connectivity index (χ1n) is 9.53. The van der Waals surface area contributed by atoms with Crippen molar-refractivity contribution in [1.82, 2.24) is 4.57 Å². The number of hydrogen-bond acceptors (Lipinski definition) is 6. The van der Waals surface area contributed by atoms with E-state index >= 15 is 0 Å². The number of thioether (sulfide) groups is 1. The number of carbonyl (C=O) groups excluding carboxylic acids is 1. The maximum atomic E-state index is 12.9. The fourth-order valence-corrected chi connectivity index (χ4v) is 3.99. The Kier molecular flexibility index (Phi) is 8.13. The van der Waals surface area contributed by atoms with Gasteiger partial charge in [0.05, 0.1) is 12.1 Å². The molecule has 0 amide bonds. The number of nitrogens with zero attached hydrogens (tertiary/aromatic N) is 1. The molecule has 0 spiro atoms. The summed E-state index contributed by atoms with van der Waals surface area (Å²) in [6.45, 7) is 4.69. The van der Waals surface area contributed by atoms with Crippen LogP contribution >= 0.6 is 11.8 Å². The average Bonchev–Trinajstić information content (AvgIpc) is 2.70. The van der Waals surface area contributed by atoms with E-state index in [2.05, 4.69) is 17.6 Å². The van der Waals surface area contributed by atoms with E-state index in [1.165, 1.54) is 0 Å². The van der Waals surface area contributed by atoms with Crippen molar-refractivity contribution in [2.24, 2.45) is 5.73 Å². The topological polar surface area (TPSA) is 112 Å². The summed E-state index contributed by atoms with van der Waals surface area (Å²) >= 11 is 1.64. The van der Waals surface area contributed by atoms with Gasteiger partial charge in [0.2, 0.25) is 5.43 Å². The van der Waals surface area contributed by atoms with Crippen molar-refractivity contribution in [3.8, 4) is 0 Å².